The number of hydrogen-bond acceptors (Lipinski definition) is 6. The van der Waals surface area contributed by atoms with Crippen LogP contribution in [-0.4, -0.2) is 57.3 Å². The Hall–Kier alpha value is -2.69. The van der Waals surface area contributed by atoms with Gasteiger partial charge in [0.2, 0.25) is 28.6 Å². The van der Waals surface area contributed by atoms with E-state index in [0.29, 0.717) is 40.1 Å². The molecule has 0 spiro atoms. The summed E-state index contributed by atoms with van der Waals surface area (Å²) in [5.74, 6) is -0.0803. The van der Waals surface area contributed by atoms with E-state index in [-0.39, 0.29) is 24.9 Å². The second-order valence-electron chi connectivity index (χ2n) is 8.24. The second kappa shape index (κ2) is 12.0. The number of carbonyl (C=O) groups excluding carboxylic acids is 2. The summed E-state index contributed by atoms with van der Waals surface area (Å²) >= 11 is 12.7. The minimum atomic E-state index is -3.88. The van der Waals surface area contributed by atoms with Crippen molar-refractivity contribution in [1.82, 2.24) is 10.2 Å². The molecule has 0 aliphatic carbocycles. The van der Waals surface area contributed by atoms with Crippen LogP contribution in [0.2, 0.25) is 10.0 Å². The number of hydrogen-bond donors (Lipinski definition) is 1. The Bertz CT molecular complexity index is 1200. The summed E-state index contributed by atoms with van der Waals surface area (Å²) in [7, 11) is -3.88. The lowest BCUT2D eigenvalue weighted by molar-refractivity contribution is -0.140. The van der Waals surface area contributed by atoms with Crippen LogP contribution in [0.1, 0.15) is 32.3 Å². The van der Waals surface area contributed by atoms with E-state index in [1.165, 1.54) is 17.0 Å². The van der Waals surface area contributed by atoms with Gasteiger partial charge >= 0.3 is 0 Å². The Labute approximate surface area is 221 Å². The van der Waals surface area contributed by atoms with Crippen molar-refractivity contribution in [3.8, 4) is 11.5 Å². The minimum absolute atomic E-state index is 0.0218. The maximum absolute atomic E-state index is 13.7. The van der Waals surface area contributed by atoms with Crippen LogP contribution in [0.5, 0.6) is 11.5 Å². The minimum Gasteiger partial charge on any atom is -0.454 e. The van der Waals surface area contributed by atoms with Gasteiger partial charge in [0.25, 0.3) is 0 Å². The molecule has 0 bridgehead atoms. The summed E-state index contributed by atoms with van der Waals surface area (Å²) in [6.07, 6.45) is 2.02. The van der Waals surface area contributed by atoms with Crippen molar-refractivity contribution in [2.24, 2.45) is 0 Å². The molecule has 196 valence electrons. The normalized spacial score (nSPS) is 13.2. The maximum atomic E-state index is 13.7. The third-order valence-electron chi connectivity index (χ3n) is 5.65. The highest BCUT2D eigenvalue weighted by Gasteiger charge is 2.33. The monoisotopic (exact) mass is 557 g/mol. The van der Waals surface area contributed by atoms with E-state index < -0.39 is 28.5 Å². The van der Waals surface area contributed by atoms with E-state index >= 15 is 0 Å². The Kier molecular flexibility index (Phi) is 9.32. The Morgan fingerprint density at radius 1 is 1.08 bits per heavy atom. The third-order valence-corrected chi connectivity index (χ3v) is 7.50. The number of amides is 2. The van der Waals surface area contributed by atoms with Gasteiger partial charge in [0.15, 0.2) is 11.5 Å². The summed E-state index contributed by atoms with van der Waals surface area (Å²) < 4.78 is 37.1. The number of fused-ring (bicyclic) bond motifs is 1. The molecule has 2 amide bonds. The highest BCUT2D eigenvalue weighted by Crippen LogP contribution is 2.36. The molecule has 12 heteroatoms. The lowest BCUT2D eigenvalue weighted by Crippen LogP contribution is -2.52. The molecule has 1 heterocycles. The zero-order valence-corrected chi connectivity index (χ0v) is 22.6. The summed E-state index contributed by atoms with van der Waals surface area (Å²) in [5, 5.41) is 3.48. The topological polar surface area (TPSA) is 105 Å². The van der Waals surface area contributed by atoms with Crippen LogP contribution in [0.3, 0.4) is 0 Å². The molecule has 0 fully saturated rings. The number of anilines is 1. The molecule has 1 N–H and O–H groups in total. The first-order chi connectivity index (χ1) is 17.1. The quantitative estimate of drug-likeness (QED) is 0.450. The molecule has 0 aromatic heterocycles. The molecule has 1 atom stereocenters. The highest BCUT2D eigenvalue weighted by atomic mass is 35.5. The van der Waals surface area contributed by atoms with Gasteiger partial charge in [0, 0.05) is 34.8 Å². The molecule has 0 unspecified atom stereocenters. The van der Waals surface area contributed by atoms with E-state index in [9.17, 15) is 18.0 Å². The molecule has 1 aliphatic rings. The predicted octanol–water partition coefficient (Wildman–Crippen LogP) is 3.82. The fraction of sp³-hybridized carbons (Fsp3) is 0.417. The van der Waals surface area contributed by atoms with Crippen molar-refractivity contribution in [2.75, 3.05) is 30.4 Å². The number of benzene rings is 2. The van der Waals surface area contributed by atoms with Crippen molar-refractivity contribution < 1.29 is 27.5 Å². The van der Waals surface area contributed by atoms with Crippen molar-refractivity contribution >= 4 is 50.7 Å². The molecule has 0 saturated heterocycles. The zero-order chi connectivity index (χ0) is 26.5. The summed E-state index contributed by atoms with van der Waals surface area (Å²) in [6, 6.07) is 8.69. The number of rotatable bonds is 11. The average Bonchev–Trinajstić information content (AvgIpc) is 3.29. The fourth-order valence-corrected chi connectivity index (χ4v) is 5.15. The van der Waals surface area contributed by atoms with Gasteiger partial charge in [-0.15, -0.1) is 0 Å². The number of carbonyl (C=O) groups is 2. The number of ether oxygens (including phenoxy) is 2. The molecule has 0 saturated carbocycles. The number of nitrogens with zero attached hydrogens (tertiary/aromatic N) is 2. The van der Waals surface area contributed by atoms with E-state index in [4.69, 9.17) is 32.7 Å². The van der Waals surface area contributed by atoms with Crippen molar-refractivity contribution in [3.63, 3.8) is 0 Å². The molecule has 2 aromatic rings. The smallest absolute Gasteiger partial charge is 0.244 e. The van der Waals surface area contributed by atoms with Crippen LogP contribution >= 0.6 is 23.2 Å². The number of sulfonamides is 1. The molecule has 0 radical (unpaired) electrons. The Balaban J connectivity index is 1.98. The predicted molar refractivity (Wildman–Crippen MR) is 139 cm³/mol. The number of halogens is 2. The van der Waals surface area contributed by atoms with E-state index in [0.717, 1.165) is 17.0 Å². The van der Waals surface area contributed by atoms with Crippen molar-refractivity contribution in [1.29, 1.82) is 0 Å². The van der Waals surface area contributed by atoms with Gasteiger partial charge in [-0.3, -0.25) is 13.9 Å². The first kappa shape index (κ1) is 27.9. The van der Waals surface area contributed by atoms with Gasteiger partial charge < -0.3 is 19.7 Å². The SMILES string of the molecule is CCCNC(=O)[C@@H](CC)N(Cc1c(Cl)cccc1Cl)C(=O)CN(c1ccc2c(c1)OCO2)S(C)(=O)=O. The standard InChI is InChI=1S/C24H29Cl2N3O6S/c1-4-11-27-24(31)20(5-2)28(13-17-18(25)7-6-8-19(17)26)23(30)14-29(36(3,32)33)16-9-10-21-22(12-16)35-15-34-21/h6-10,12,20H,4-5,11,13-15H2,1-3H3,(H,27,31)/t20-/m1/s1. The summed E-state index contributed by atoms with van der Waals surface area (Å²) in [5.41, 5.74) is 0.694. The summed E-state index contributed by atoms with van der Waals surface area (Å²) in [4.78, 5) is 28.0. The molecule has 1 aliphatic heterocycles. The van der Waals surface area contributed by atoms with Crippen LogP contribution in [-0.2, 0) is 26.2 Å². The Morgan fingerprint density at radius 2 is 1.75 bits per heavy atom. The molecule has 9 nitrogen and oxygen atoms in total. The second-order valence-corrected chi connectivity index (χ2v) is 11.0. The van der Waals surface area contributed by atoms with E-state index in [1.807, 2.05) is 6.92 Å². The lowest BCUT2D eigenvalue weighted by Gasteiger charge is -2.33. The van der Waals surface area contributed by atoms with E-state index in [1.54, 1.807) is 31.2 Å². The molecule has 3 rings (SSSR count). The van der Waals surface area contributed by atoms with Crippen LogP contribution in [0.25, 0.3) is 0 Å². The van der Waals surface area contributed by atoms with Crippen LogP contribution in [0, 0.1) is 0 Å². The van der Waals surface area contributed by atoms with Crippen LogP contribution in [0.4, 0.5) is 5.69 Å². The first-order valence-corrected chi connectivity index (χ1v) is 14.0. The van der Waals surface area contributed by atoms with Crippen LogP contribution in [0.15, 0.2) is 36.4 Å². The summed E-state index contributed by atoms with van der Waals surface area (Å²) in [6.45, 7) is 3.54. The molecule has 2 aromatic carbocycles. The third kappa shape index (κ3) is 6.54. The molecular formula is C24H29Cl2N3O6S. The van der Waals surface area contributed by atoms with Gasteiger partial charge in [-0.2, -0.15) is 0 Å². The zero-order valence-electron chi connectivity index (χ0n) is 20.3. The van der Waals surface area contributed by atoms with Gasteiger partial charge in [0.05, 0.1) is 11.9 Å². The molecular weight excluding hydrogens is 529 g/mol. The highest BCUT2D eigenvalue weighted by molar-refractivity contribution is 7.92. The molecule has 36 heavy (non-hydrogen) atoms. The van der Waals surface area contributed by atoms with Gasteiger partial charge in [0.1, 0.15) is 12.6 Å². The van der Waals surface area contributed by atoms with Crippen LogP contribution < -0.4 is 19.1 Å². The Morgan fingerprint density at radius 3 is 2.36 bits per heavy atom. The van der Waals surface area contributed by atoms with Gasteiger partial charge in [-0.25, -0.2) is 8.42 Å². The van der Waals surface area contributed by atoms with E-state index in [2.05, 4.69) is 5.32 Å². The maximum Gasteiger partial charge on any atom is 0.244 e. The average molecular weight is 558 g/mol. The fourth-order valence-electron chi connectivity index (χ4n) is 3.79. The van der Waals surface area contributed by atoms with Crippen molar-refractivity contribution in [2.45, 2.75) is 39.3 Å². The first-order valence-electron chi connectivity index (χ1n) is 11.4. The van der Waals surface area contributed by atoms with Crippen molar-refractivity contribution in [3.05, 3.63) is 52.0 Å². The lowest BCUT2D eigenvalue weighted by atomic mass is 10.1. The van der Waals surface area contributed by atoms with Gasteiger partial charge in [-0.1, -0.05) is 43.1 Å². The van der Waals surface area contributed by atoms with Gasteiger partial charge in [-0.05, 0) is 37.1 Å². The largest absolute Gasteiger partial charge is 0.454 e. The number of nitrogens with one attached hydrogen (secondary N) is 1.